The highest BCUT2D eigenvalue weighted by Gasteiger charge is 2.21. The van der Waals surface area contributed by atoms with Gasteiger partial charge in [0, 0.05) is 11.6 Å². The predicted molar refractivity (Wildman–Crippen MR) is 81.4 cm³/mol. The van der Waals surface area contributed by atoms with Crippen molar-refractivity contribution in [3.8, 4) is 0 Å². The van der Waals surface area contributed by atoms with Crippen molar-refractivity contribution in [1.29, 1.82) is 0 Å². The van der Waals surface area contributed by atoms with Gasteiger partial charge < -0.3 is 5.32 Å². The van der Waals surface area contributed by atoms with Gasteiger partial charge in [0.15, 0.2) is 0 Å². The molecule has 0 aliphatic rings. The molecule has 1 aromatic carbocycles. The summed E-state index contributed by atoms with van der Waals surface area (Å²) in [4.78, 5) is 0. The molecule has 0 heterocycles. The van der Waals surface area contributed by atoms with E-state index in [-0.39, 0.29) is 0 Å². The average molecular weight is 305 g/mol. The van der Waals surface area contributed by atoms with Crippen LogP contribution in [-0.2, 0) is 10.0 Å². The van der Waals surface area contributed by atoms with Crippen molar-refractivity contribution in [3.05, 3.63) is 28.8 Å². The molecule has 0 aromatic heterocycles. The number of benzene rings is 1. The van der Waals surface area contributed by atoms with E-state index >= 15 is 0 Å². The molecule has 0 aliphatic carbocycles. The summed E-state index contributed by atoms with van der Waals surface area (Å²) in [5.74, 6) is 0. The van der Waals surface area contributed by atoms with Gasteiger partial charge in [-0.3, -0.25) is 4.72 Å². The monoisotopic (exact) mass is 304 g/mol. The lowest BCUT2D eigenvalue weighted by Crippen LogP contribution is -2.35. The molecule has 0 fully saturated rings. The van der Waals surface area contributed by atoms with E-state index in [0.717, 1.165) is 18.5 Å². The van der Waals surface area contributed by atoms with Gasteiger partial charge in [0.2, 0.25) is 10.0 Å². The highest BCUT2D eigenvalue weighted by Crippen LogP contribution is 2.24. The molecule has 1 rings (SSSR count). The number of hydrogen-bond acceptors (Lipinski definition) is 3. The molecule has 108 valence electrons. The summed E-state index contributed by atoms with van der Waals surface area (Å²) >= 11 is 5.98. The molecule has 0 bridgehead atoms. The first kappa shape index (κ1) is 16.3. The first-order chi connectivity index (χ1) is 8.88. The second kappa shape index (κ2) is 7.12. The maximum absolute atomic E-state index is 12.2. The number of sulfonamides is 1. The maximum Gasteiger partial charge on any atom is 0.236 e. The Morgan fingerprint density at radius 2 is 2.05 bits per heavy atom. The zero-order valence-electron chi connectivity index (χ0n) is 11.5. The van der Waals surface area contributed by atoms with Crippen LogP contribution < -0.4 is 10.0 Å². The average Bonchev–Trinajstić information content (AvgIpc) is 2.35. The largest absolute Gasteiger partial charge is 0.315 e. The minimum atomic E-state index is -3.40. The highest BCUT2D eigenvalue weighted by atomic mass is 35.5. The first-order valence-corrected chi connectivity index (χ1v) is 8.28. The van der Waals surface area contributed by atoms with E-state index < -0.39 is 15.3 Å². The van der Waals surface area contributed by atoms with E-state index in [4.69, 9.17) is 11.6 Å². The molecule has 19 heavy (non-hydrogen) atoms. The van der Waals surface area contributed by atoms with Gasteiger partial charge in [-0.25, -0.2) is 8.42 Å². The van der Waals surface area contributed by atoms with Crippen LogP contribution in [0.4, 0.5) is 5.69 Å². The van der Waals surface area contributed by atoms with Crippen LogP contribution in [0.1, 0.15) is 25.8 Å². The zero-order chi connectivity index (χ0) is 14.5. The van der Waals surface area contributed by atoms with Crippen LogP contribution in [0, 0.1) is 6.92 Å². The van der Waals surface area contributed by atoms with Crippen molar-refractivity contribution in [2.75, 3.05) is 17.8 Å². The smallest absolute Gasteiger partial charge is 0.236 e. The van der Waals surface area contributed by atoms with Gasteiger partial charge in [-0.2, -0.15) is 0 Å². The molecule has 2 N–H and O–H groups in total. The number of halogens is 1. The topological polar surface area (TPSA) is 58.2 Å². The number of rotatable bonds is 7. The molecule has 4 nitrogen and oxygen atoms in total. The SMILES string of the molecule is CCCNCC(C)S(=O)(=O)Nc1cccc(Cl)c1C. The van der Waals surface area contributed by atoms with Crippen molar-refractivity contribution in [2.24, 2.45) is 0 Å². The van der Waals surface area contributed by atoms with Gasteiger partial charge >= 0.3 is 0 Å². The second-order valence-corrected chi connectivity index (χ2v) is 7.08. The molecule has 1 aromatic rings. The zero-order valence-corrected chi connectivity index (χ0v) is 13.1. The minimum absolute atomic E-state index is 0.433. The van der Waals surface area contributed by atoms with Crippen LogP contribution in [0.2, 0.25) is 5.02 Å². The van der Waals surface area contributed by atoms with E-state index in [9.17, 15) is 8.42 Å². The summed E-state index contributed by atoms with van der Waals surface area (Å²) in [6.07, 6.45) is 0.980. The maximum atomic E-state index is 12.2. The molecular weight excluding hydrogens is 284 g/mol. The van der Waals surface area contributed by atoms with Gasteiger partial charge in [0.25, 0.3) is 0 Å². The molecule has 1 atom stereocenters. The van der Waals surface area contributed by atoms with Crippen molar-refractivity contribution in [1.82, 2.24) is 5.32 Å². The molecule has 0 saturated heterocycles. The Labute approximate surface area is 120 Å². The Bertz CT molecular complexity index is 517. The second-order valence-electron chi connectivity index (χ2n) is 4.57. The van der Waals surface area contributed by atoms with Crippen molar-refractivity contribution in [2.45, 2.75) is 32.4 Å². The van der Waals surface area contributed by atoms with Gasteiger partial charge in [0.05, 0.1) is 10.9 Å². The Kier molecular flexibility index (Phi) is 6.10. The Balaban J connectivity index is 2.76. The van der Waals surface area contributed by atoms with Crippen molar-refractivity contribution >= 4 is 27.3 Å². The lowest BCUT2D eigenvalue weighted by molar-refractivity contribution is 0.575. The van der Waals surface area contributed by atoms with Crippen LogP contribution in [0.25, 0.3) is 0 Å². The summed E-state index contributed by atoms with van der Waals surface area (Å²) in [6.45, 7) is 6.77. The van der Waals surface area contributed by atoms with Crippen molar-refractivity contribution in [3.63, 3.8) is 0 Å². The predicted octanol–water partition coefficient (Wildman–Crippen LogP) is 2.78. The summed E-state index contributed by atoms with van der Waals surface area (Å²) in [6, 6.07) is 5.18. The summed E-state index contributed by atoms with van der Waals surface area (Å²) in [5, 5.41) is 3.16. The third kappa shape index (κ3) is 4.67. The molecule has 0 saturated carbocycles. The molecule has 1 unspecified atom stereocenters. The minimum Gasteiger partial charge on any atom is -0.315 e. The third-order valence-electron chi connectivity index (χ3n) is 2.91. The summed E-state index contributed by atoms with van der Waals surface area (Å²) < 4.78 is 26.9. The normalized spacial score (nSPS) is 13.3. The summed E-state index contributed by atoms with van der Waals surface area (Å²) in [7, 11) is -3.40. The number of nitrogens with one attached hydrogen (secondary N) is 2. The third-order valence-corrected chi connectivity index (χ3v) is 5.05. The fourth-order valence-corrected chi connectivity index (χ4v) is 2.80. The highest BCUT2D eigenvalue weighted by molar-refractivity contribution is 7.93. The lowest BCUT2D eigenvalue weighted by Gasteiger charge is -2.17. The van der Waals surface area contributed by atoms with Gasteiger partial charge in [-0.15, -0.1) is 0 Å². The van der Waals surface area contributed by atoms with Crippen LogP contribution in [0.5, 0.6) is 0 Å². The number of anilines is 1. The van der Waals surface area contributed by atoms with Crippen molar-refractivity contribution < 1.29 is 8.42 Å². The molecule has 0 aliphatic heterocycles. The molecule has 0 amide bonds. The fourth-order valence-electron chi connectivity index (χ4n) is 1.56. The van der Waals surface area contributed by atoms with Crippen LogP contribution in [-0.4, -0.2) is 26.8 Å². The number of hydrogen-bond donors (Lipinski definition) is 2. The van der Waals surface area contributed by atoms with Crippen LogP contribution in [0.15, 0.2) is 18.2 Å². The molecular formula is C13H21ClN2O2S. The standard InChI is InChI=1S/C13H21ClN2O2S/c1-4-8-15-9-10(2)19(17,18)16-13-7-5-6-12(14)11(13)3/h5-7,10,15-16H,4,8-9H2,1-3H3. The Hall–Kier alpha value is -0.780. The first-order valence-electron chi connectivity index (χ1n) is 6.36. The fraction of sp³-hybridized carbons (Fsp3) is 0.538. The Morgan fingerprint density at radius 3 is 2.68 bits per heavy atom. The Morgan fingerprint density at radius 1 is 1.37 bits per heavy atom. The molecule has 0 spiro atoms. The lowest BCUT2D eigenvalue weighted by atomic mass is 10.2. The van der Waals surface area contributed by atoms with Gasteiger partial charge in [-0.1, -0.05) is 24.6 Å². The van der Waals surface area contributed by atoms with Crippen LogP contribution in [0.3, 0.4) is 0 Å². The van der Waals surface area contributed by atoms with Gasteiger partial charge in [-0.05, 0) is 44.5 Å². The van der Waals surface area contributed by atoms with E-state index in [1.165, 1.54) is 0 Å². The molecule has 0 radical (unpaired) electrons. The van der Waals surface area contributed by atoms with Gasteiger partial charge in [0.1, 0.15) is 0 Å². The van der Waals surface area contributed by atoms with E-state index in [0.29, 0.717) is 17.3 Å². The summed E-state index contributed by atoms with van der Waals surface area (Å²) in [5.41, 5.74) is 1.27. The van der Waals surface area contributed by atoms with E-state index in [1.807, 2.05) is 6.92 Å². The van der Waals surface area contributed by atoms with E-state index in [2.05, 4.69) is 10.0 Å². The molecule has 6 heteroatoms. The van der Waals surface area contributed by atoms with E-state index in [1.54, 1.807) is 32.0 Å². The quantitative estimate of drug-likeness (QED) is 0.762. The van der Waals surface area contributed by atoms with Crippen LogP contribution >= 0.6 is 11.6 Å².